The zero-order valence-corrected chi connectivity index (χ0v) is 29.9. The van der Waals surface area contributed by atoms with Crippen molar-refractivity contribution in [3.63, 3.8) is 0 Å². The summed E-state index contributed by atoms with van der Waals surface area (Å²) in [5.74, 6) is 0.801. The second kappa shape index (κ2) is 14.6. The molecule has 0 bridgehead atoms. The Labute approximate surface area is 308 Å². The van der Waals surface area contributed by atoms with Crippen molar-refractivity contribution in [1.82, 2.24) is 19.4 Å². The van der Waals surface area contributed by atoms with E-state index in [9.17, 15) is 26.4 Å². The van der Waals surface area contributed by atoms with E-state index in [4.69, 9.17) is 21.1 Å². The van der Waals surface area contributed by atoms with Gasteiger partial charge < -0.3 is 18.9 Å². The van der Waals surface area contributed by atoms with Crippen LogP contribution in [0.15, 0.2) is 108 Å². The van der Waals surface area contributed by atoms with Gasteiger partial charge in [-0.3, -0.25) is 14.4 Å². The summed E-state index contributed by atoms with van der Waals surface area (Å²) in [6.45, 7) is 1.61. The first-order valence-corrected chi connectivity index (χ1v) is 18.4. The van der Waals surface area contributed by atoms with Crippen LogP contribution >= 0.6 is 11.6 Å². The second-order valence-corrected chi connectivity index (χ2v) is 14.7. The Balaban J connectivity index is 0.958. The molecule has 53 heavy (non-hydrogen) atoms. The van der Waals surface area contributed by atoms with E-state index < -0.39 is 22.8 Å². The first kappa shape index (κ1) is 36.1. The summed E-state index contributed by atoms with van der Waals surface area (Å²) < 4.78 is 79.0. The molecule has 3 heterocycles. The maximum absolute atomic E-state index is 13.6. The van der Waals surface area contributed by atoms with Crippen molar-refractivity contribution in [3.8, 4) is 17.4 Å². The number of aryl methyl sites for hydroxylation is 1. The van der Waals surface area contributed by atoms with Crippen LogP contribution < -0.4 is 14.2 Å². The number of anilines is 1. The molecule has 1 saturated heterocycles. The highest BCUT2D eigenvalue weighted by Gasteiger charge is 2.29. The SMILES string of the molecule is Cn1c(C(=O)N2CCN(Cc3ccc(OCC(F)(F)F)cc3)CC2)cc2ccc(Oc3ccc(NS(=O)(=O)c4cccc5c(Cl)cccc45)cn3)cc21. The van der Waals surface area contributed by atoms with Crippen LogP contribution in [0.4, 0.5) is 18.9 Å². The lowest BCUT2D eigenvalue weighted by atomic mass is 10.1. The lowest BCUT2D eigenvalue weighted by Crippen LogP contribution is -2.48. The van der Waals surface area contributed by atoms with Gasteiger partial charge in [0.05, 0.1) is 22.3 Å². The number of carbonyl (C=O) groups excluding carboxylic acids is 1. The molecule has 7 rings (SSSR count). The van der Waals surface area contributed by atoms with Crippen molar-refractivity contribution in [2.45, 2.75) is 17.6 Å². The van der Waals surface area contributed by atoms with Crippen molar-refractivity contribution < 1.29 is 35.9 Å². The van der Waals surface area contributed by atoms with Crippen LogP contribution in [-0.2, 0) is 23.6 Å². The number of nitrogens with one attached hydrogen (secondary N) is 1. The number of pyridine rings is 1. The number of fused-ring (bicyclic) bond motifs is 2. The molecule has 274 valence electrons. The molecular formula is C38H33ClF3N5O5S. The molecule has 6 aromatic rings. The fourth-order valence-corrected chi connectivity index (χ4v) is 7.78. The van der Waals surface area contributed by atoms with Gasteiger partial charge in [-0.05, 0) is 54.1 Å². The van der Waals surface area contributed by atoms with E-state index in [1.165, 1.54) is 24.4 Å². The van der Waals surface area contributed by atoms with Gasteiger partial charge in [-0.15, -0.1) is 0 Å². The van der Waals surface area contributed by atoms with Gasteiger partial charge in [0.15, 0.2) is 6.61 Å². The molecule has 1 aliphatic rings. The van der Waals surface area contributed by atoms with E-state index in [0.717, 1.165) is 16.5 Å². The minimum atomic E-state index is -4.39. The number of hydrogen-bond acceptors (Lipinski definition) is 7. The van der Waals surface area contributed by atoms with E-state index in [1.54, 1.807) is 60.7 Å². The number of hydrogen-bond donors (Lipinski definition) is 1. The molecule has 1 aliphatic heterocycles. The number of nitrogens with zero attached hydrogens (tertiary/aromatic N) is 4. The minimum Gasteiger partial charge on any atom is -0.484 e. The predicted octanol–water partition coefficient (Wildman–Crippen LogP) is 7.87. The minimum absolute atomic E-state index is 0.0942. The van der Waals surface area contributed by atoms with Crippen LogP contribution in [0.1, 0.15) is 16.1 Å². The number of ether oxygens (including phenoxy) is 2. The van der Waals surface area contributed by atoms with E-state index in [0.29, 0.717) is 60.0 Å². The normalized spacial score (nSPS) is 14.1. The van der Waals surface area contributed by atoms with Gasteiger partial charge in [0.2, 0.25) is 5.88 Å². The Morgan fingerprint density at radius 3 is 2.32 bits per heavy atom. The van der Waals surface area contributed by atoms with Gasteiger partial charge in [-0.2, -0.15) is 13.2 Å². The quantitative estimate of drug-likeness (QED) is 0.151. The molecule has 0 atom stereocenters. The van der Waals surface area contributed by atoms with Crippen LogP contribution in [0, 0.1) is 0 Å². The fourth-order valence-electron chi connectivity index (χ4n) is 6.27. The first-order valence-electron chi connectivity index (χ1n) is 16.6. The van der Waals surface area contributed by atoms with Gasteiger partial charge in [0, 0.05) is 73.1 Å². The molecule has 1 fully saturated rings. The van der Waals surface area contributed by atoms with Crippen molar-refractivity contribution in [2.75, 3.05) is 37.5 Å². The number of rotatable bonds is 10. The first-order chi connectivity index (χ1) is 25.3. The van der Waals surface area contributed by atoms with Crippen LogP contribution in [0.25, 0.3) is 21.7 Å². The molecule has 15 heteroatoms. The largest absolute Gasteiger partial charge is 0.484 e. The fraction of sp³-hybridized carbons (Fsp3) is 0.211. The third-order valence-electron chi connectivity index (χ3n) is 8.96. The topological polar surface area (TPSA) is 106 Å². The number of amides is 1. The van der Waals surface area contributed by atoms with E-state index in [2.05, 4.69) is 14.6 Å². The highest BCUT2D eigenvalue weighted by Crippen LogP contribution is 2.31. The molecule has 4 aromatic carbocycles. The number of carbonyl (C=O) groups is 1. The molecule has 2 aromatic heterocycles. The summed E-state index contributed by atoms with van der Waals surface area (Å²) in [6.07, 6.45) is -3.02. The molecule has 1 N–H and O–H groups in total. The molecule has 0 unspecified atom stereocenters. The third kappa shape index (κ3) is 8.19. The summed E-state index contributed by atoms with van der Waals surface area (Å²) in [7, 11) is -2.13. The number of sulfonamides is 1. The van der Waals surface area contributed by atoms with Gasteiger partial charge in [-0.25, -0.2) is 13.4 Å². The van der Waals surface area contributed by atoms with Gasteiger partial charge in [0.1, 0.15) is 17.2 Å². The van der Waals surface area contributed by atoms with E-state index >= 15 is 0 Å². The zero-order valence-electron chi connectivity index (χ0n) is 28.3. The Morgan fingerprint density at radius 2 is 1.60 bits per heavy atom. The number of alkyl halides is 3. The average molecular weight is 764 g/mol. The van der Waals surface area contributed by atoms with E-state index in [-0.39, 0.29) is 28.1 Å². The summed E-state index contributed by atoms with van der Waals surface area (Å²) in [6, 6.07) is 27.0. The maximum Gasteiger partial charge on any atom is 0.422 e. The van der Waals surface area contributed by atoms with Crippen molar-refractivity contribution in [1.29, 1.82) is 0 Å². The summed E-state index contributed by atoms with van der Waals surface area (Å²) in [4.78, 5) is 22.0. The smallest absolute Gasteiger partial charge is 0.422 e. The molecule has 0 spiro atoms. The van der Waals surface area contributed by atoms with Gasteiger partial charge in [0.25, 0.3) is 15.9 Å². The Bertz CT molecular complexity index is 2400. The number of aromatic nitrogens is 2. The molecule has 10 nitrogen and oxygen atoms in total. The van der Waals surface area contributed by atoms with Crippen LogP contribution in [0.2, 0.25) is 5.02 Å². The standard InChI is InChI=1S/C38H33ClF3N5O5S/c1-45-33-21-29(52-36-15-11-27(22-43-36)44-53(49,50)35-7-3-4-30-31(35)5-2-6-32(30)39)14-10-26(33)20-34(45)37(48)47-18-16-46(17-19-47)23-25-8-12-28(13-9-25)51-24-38(40,41)42/h2-15,20-22,44H,16-19,23-24H2,1H3. The monoisotopic (exact) mass is 763 g/mol. The Hall–Kier alpha value is -5.31. The number of halogens is 4. The van der Waals surface area contributed by atoms with Crippen molar-refractivity contribution in [2.24, 2.45) is 7.05 Å². The van der Waals surface area contributed by atoms with Crippen molar-refractivity contribution >= 4 is 54.9 Å². The molecule has 0 saturated carbocycles. The van der Waals surface area contributed by atoms with Gasteiger partial charge >= 0.3 is 6.18 Å². The molecule has 0 aliphatic carbocycles. The highest BCUT2D eigenvalue weighted by atomic mass is 35.5. The number of benzene rings is 4. The van der Waals surface area contributed by atoms with Crippen LogP contribution in [-0.4, -0.2) is 72.6 Å². The Kier molecular flexibility index (Phi) is 9.94. The van der Waals surface area contributed by atoms with Crippen LogP contribution in [0.5, 0.6) is 17.4 Å². The lowest BCUT2D eigenvalue weighted by molar-refractivity contribution is -0.153. The van der Waals surface area contributed by atoms with Gasteiger partial charge in [-0.1, -0.05) is 48.0 Å². The van der Waals surface area contributed by atoms with E-state index in [1.807, 2.05) is 34.7 Å². The second-order valence-electron chi connectivity index (χ2n) is 12.6. The maximum atomic E-state index is 13.6. The lowest BCUT2D eigenvalue weighted by Gasteiger charge is -2.34. The number of piperazine rings is 1. The highest BCUT2D eigenvalue weighted by molar-refractivity contribution is 7.93. The third-order valence-corrected chi connectivity index (χ3v) is 10.7. The molecule has 0 radical (unpaired) electrons. The molecular weight excluding hydrogens is 731 g/mol. The average Bonchev–Trinajstić information content (AvgIpc) is 3.47. The summed E-state index contributed by atoms with van der Waals surface area (Å²) >= 11 is 6.27. The Morgan fingerprint density at radius 1 is 0.887 bits per heavy atom. The zero-order chi connectivity index (χ0) is 37.3. The summed E-state index contributed by atoms with van der Waals surface area (Å²) in [5.41, 5.74) is 2.51. The summed E-state index contributed by atoms with van der Waals surface area (Å²) in [5, 5.41) is 2.45. The predicted molar refractivity (Wildman–Crippen MR) is 196 cm³/mol. The molecule has 1 amide bonds. The van der Waals surface area contributed by atoms with Crippen LogP contribution in [0.3, 0.4) is 0 Å². The van der Waals surface area contributed by atoms with Crippen molar-refractivity contribution in [3.05, 3.63) is 120 Å².